The number of aromatic amines is 1. The van der Waals surface area contributed by atoms with Crippen molar-refractivity contribution >= 4 is 34.1 Å². The first-order valence-corrected chi connectivity index (χ1v) is 6.48. The molecule has 5 nitrogen and oxygen atoms in total. The first-order chi connectivity index (χ1) is 9.47. The Morgan fingerprint density at radius 2 is 2.10 bits per heavy atom. The van der Waals surface area contributed by atoms with Gasteiger partial charge in [0.25, 0.3) is 5.56 Å². The van der Waals surface area contributed by atoms with Crippen LogP contribution in [0.2, 0.25) is 10.0 Å². The maximum atomic E-state index is 12.1. The quantitative estimate of drug-likeness (QED) is 0.726. The molecule has 0 spiro atoms. The largest absolute Gasteiger partial charge is 0.505 e. The summed E-state index contributed by atoms with van der Waals surface area (Å²) in [5.41, 5.74) is 0.803. The van der Waals surface area contributed by atoms with Gasteiger partial charge in [-0.1, -0.05) is 23.2 Å². The molecule has 7 heteroatoms. The van der Waals surface area contributed by atoms with Crippen molar-refractivity contribution in [3.63, 3.8) is 0 Å². The molecule has 0 fully saturated rings. The standard InChI is InChI=1S/C13H9Cl2N3O2/c1-6-2-8-10(3-9(6)15)17-13(20)11(12(8)19)18-5-7(14)4-16-18/h2-5H,1H3,(H2,17,19,20). The number of nitrogens with zero attached hydrogens (tertiary/aromatic N) is 2. The van der Waals surface area contributed by atoms with Gasteiger partial charge in [-0.25, -0.2) is 4.68 Å². The third kappa shape index (κ3) is 1.95. The summed E-state index contributed by atoms with van der Waals surface area (Å²) >= 11 is 11.8. The van der Waals surface area contributed by atoms with Gasteiger partial charge < -0.3 is 10.1 Å². The van der Waals surface area contributed by atoms with E-state index in [0.717, 1.165) is 5.56 Å². The molecule has 3 rings (SSSR count). The summed E-state index contributed by atoms with van der Waals surface area (Å²) in [4.78, 5) is 14.8. The Kier molecular flexibility index (Phi) is 2.96. The van der Waals surface area contributed by atoms with Gasteiger partial charge in [0.15, 0.2) is 11.4 Å². The molecule has 0 saturated carbocycles. The summed E-state index contributed by atoms with van der Waals surface area (Å²) in [6.45, 7) is 1.82. The molecule has 0 aliphatic carbocycles. The number of aromatic hydroxyl groups is 1. The Morgan fingerprint density at radius 1 is 1.35 bits per heavy atom. The van der Waals surface area contributed by atoms with Crippen molar-refractivity contribution in [1.29, 1.82) is 0 Å². The number of fused-ring (bicyclic) bond motifs is 1. The minimum atomic E-state index is -0.477. The molecular weight excluding hydrogens is 301 g/mol. The smallest absolute Gasteiger partial charge is 0.278 e. The van der Waals surface area contributed by atoms with Crippen LogP contribution in [-0.4, -0.2) is 19.9 Å². The monoisotopic (exact) mass is 309 g/mol. The van der Waals surface area contributed by atoms with Gasteiger partial charge in [-0.15, -0.1) is 0 Å². The Morgan fingerprint density at radius 3 is 2.75 bits per heavy atom. The Labute approximate surface area is 123 Å². The van der Waals surface area contributed by atoms with Crippen molar-refractivity contribution < 1.29 is 5.11 Å². The number of pyridine rings is 1. The molecule has 0 saturated heterocycles. The maximum Gasteiger partial charge on any atom is 0.278 e. The third-order valence-corrected chi connectivity index (χ3v) is 3.62. The SMILES string of the molecule is Cc1cc2c(O)c(-n3cc(Cl)cn3)c(=O)[nH]c2cc1Cl. The number of aromatic nitrogens is 3. The molecule has 2 N–H and O–H groups in total. The highest BCUT2D eigenvalue weighted by Crippen LogP contribution is 2.31. The number of nitrogens with one attached hydrogen (secondary N) is 1. The molecule has 102 valence electrons. The second-order valence-electron chi connectivity index (χ2n) is 4.40. The Hall–Kier alpha value is -1.98. The zero-order chi connectivity index (χ0) is 14.4. The summed E-state index contributed by atoms with van der Waals surface area (Å²) in [7, 11) is 0. The van der Waals surface area contributed by atoms with Crippen molar-refractivity contribution in [3.05, 3.63) is 50.5 Å². The summed E-state index contributed by atoms with van der Waals surface area (Å²) in [5.74, 6) is -0.164. The molecule has 2 aromatic heterocycles. The van der Waals surface area contributed by atoms with E-state index in [2.05, 4.69) is 10.1 Å². The van der Waals surface area contributed by atoms with Crippen LogP contribution in [-0.2, 0) is 0 Å². The summed E-state index contributed by atoms with van der Waals surface area (Å²) in [6.07, 6.45) is 2.83. The fourth-order valence-corrected chi connectivity index (χ4v) is 2.33. The van der Waals surface area contributed by atoms with Gasteiger partial charge in [0.2, 0.25) is 0 Å². The van der Waals surface area contributed by atoms with Crippen LogP contribution < -0.4 is 5.56 Å². The lowest BCUT2D eigenvalue weighted by Gasteiger charge is -2.09. The number of benzene rings is 1. The van der Waals surface area contributed by atoms with Crippen LogP contribution in [0.4, 0.5) is 0 Å². The highest BCUT2D eigenvalue weighted by atomic mass is 35.5. The Bertz CT molecular complexity index is 883. The molecule has 0 amide bonds. The first-order valence-electron chi connectivity index (χ1n) is 5.73. The van der Waals surface area contributed by atoms with Gasteiger partial charge in [0.1, 0.15) is 0 Å². The van der Waals surface area contributed by atoms with Gasteiger partial charge in [0.05, 0.1) is 16.7 Å². The van der Waals surface area contributed by atoms with Crippen LogP contribution in [0, 0.1) is 6.92 Å². The fraction of sp³-hybridized carbons (Fsp3) is 0.0769. The minimum Gasteiger partial charge on any atom is -0.505 e. The van der Waals surface area contributed by atoms with E-state index < -0.39 is 5.56 Å². The van der Waals surface area contributed by atoms with E-state index in [1.165, 1.54) is 17.1 Å². The summed E-state index contributed by atoms with van der Waals surface area (Å²) in [5, 5.41) is 15.7. The van der Waals surface area contributed by atoms with Crippen LogP contribution in [0.25, 0.3) is 16.6 Å². The lowest BCUT2D eigenvalue weighted by Crippen LogP contribution is -2.15. The highest BCUT2D eigenvalue weighted by Gasteiger charge is 2.15. The molecule has 0 aliphatic rings. The predicted octanol–water partition coefficient (Wildman–Crippen LogP) is 3.03. The third-order valence-electron chi connectivity index (χ3n) is 3.02. The van der Waals surface area contributed by atoms with Gasteiger partial charge in [-0.3, -0.25) is 4.79 Å². The highest BCUT2D eigenvalue weighted by molar-refractivity contribution is 6.32. The second kappa shape index (κ2) is 4.54. The topological polar surface area (TPSA) is 70.9 Å². The number of hydrogen-bond acceptors (Lipinski definition) is 3. The first kappa shape index (κ1) is 13.0. The normalized spacial score (nSPS) is 11.2. The van der Waals surface area contributed by atoms with Crippen LogP contribution in [0.1, 0.15) is 5.56 Å². The van der Waals surface area contributed by atoms with Crippen LogP contribution >= 0.6 is 23.2 Å². The minimum absolute atomic E-state index is 0.0196. The summed E-state index contributed by atoms with van der Waals surface area (Å²) < 4.78 is 1.24. The fourth-order valence-electron chi connectivity index (χ4n) is 2.03. The average molecular weight is 310 g/mol. The lowest BCUT2D eigenvalue weighted by atomic mass is 10.1. The van der Waals surface area contributed by atoms with E-state index in [1.54, 1.807) is 12.1 Å². The maximum absolute atomic E-state index is 12.1. The molecule has 0 radical (unpaired) electrons. The number of halogens is 2. The van der Waals surface area contributed by atoms with Crippen molar-refractivity contribution in [1.82, 2.24) is 14.8 Å². The van der Waals surface area contributed by atoms with E-state index in [-0.39, 0.29) is 11.4 Å². The number of rotatable bonds is 1. The lowest BCUT2D eigenvalue weighted by molar-refractivity contribution is 0.475. The number of H-pyrrole nitrogens is 1. The van der Waals surface area contributed by atoms with Crippen LogP contribution in [0.3, 0.4) is 0 Å². The van der Waals surface area contributed by atoms with E-state index in [4.69, 9.17) is 23.2 Å². The number of hydrogen-bond donors (Lipinski definition) is 2. The predicted molar refractivity (Wildman–Crippen MR) is 78.1 cm³/mol. The molecule has 1 aromatic carbocycles. The van der Waals surface area contributed by atoms with E-state index in [1.807, 2.05) is 6.92 Å². The van der Waals surface area contributed by atoms with Crippen molar-refractivity contribution in [3.8, 4) is 11.4 Å². The Balaban J connectivity index is 2.40. The molecule has 0 unspecified atom stereocenters. The molecule has 0 atom stereocenters. The summed E-state index contributed by atoms with van der Waals surface area (Å²) in [6, 6.07) is 3.31. The van der Waals surface area contributed by atoms with Crippen molar-refractivity contribution in [2.24, 2.45) is 0 Å². The zero-order valence-corrected chi connectivity index (χ0v) is 11.8. The van der Waals surface area contributed by atoms with Crippen LogP contribution in [0.5, 0.6) is 5.75 Å². The second-order valence-corrected chi connectivity index (χ2v) is 5.25. The molecule has 0 aliphatic heterocycles. The van der Waals surface area contributed by atoms with Gasteiger partial charge in [-0.05, 0) is 24.6 Å². The van der Waals surface area contributed by atoms with Crippen molar-refractivity contribution in [2.45, 2.75) is 6.92 Å². The molecule has 3 aromatic rings. The van der Waals surface area contributed by atoms with Crippen molar-refractivity contribution in [2.75, 3.05) is 0 Å². The number of aryl methyl sites for hydroxylation is 1. The molecule has 20 heavy (non-hydrogen) atoms. The molecule has 0 bridgehead atoms. The zero-order valence-electron chi connectivity index (χ0n) is 10.3. The van der Waals surface area contributed by atoms with Gasteiger partial charge >= 0.3 is 0 Å². The van der Waals surface area contributed by atoms with Gasteiger partial charge in [-0.2, -0.15) is 5.10 Å². The van der Waals surface area contributed by atoms with E-state index in [9.17, 15) is 9.90 Å². The van der Waals surface area contributed by atoms with E-state index >= 15 is 0 Å². The van der Waals surface area contributed by atoms with E-state index in [0.29, 0.717) is 20.9 Å². The van der Waals surface area contributed by atoms with Gasteiger partial charge in [0, 0.05) is 16.6 Å². The van der Waals surface area contributed by atoms with Crippen LogP contribution in [0.15, 0.2) is 29.3 Å². The molecule has 2 heterocycles. The molecular formula is C13H9Cl2N3O2. The average Bonchev–Trinajstić information content (AvgIpc) is 2.79.